The first-order valence-electron chi connectivity index (χ1n) is 6.29. The number of hydrogen-bond donors (Lipinski definition) is 1. The number of rotatable bonds is 7. The molecule has 0 spiro atoms. The third-order valence-corrected chi connectivity index (χ3v) is 3.25. The lowest BCUT2D eigenvalue weighted by molar-refractivity contribution is 0.204. The van der Waals surface area contributed by atoms with E-state index in [1.54, 1.807) is 7.11 Å². The maximum Gasteiger partial charge on any atom is 0.107 e. The summed E-state index contributed by atoms with van der Waals surface area (Å²) in [6, 6.07) is 5.72. The van der Waals surface area contributed by atoms with E-state index >= 15 is 0 Å². The van der Waals surface area contributed by atoms with Crippen LogP contribution < -0.4 is 10.6 Å². The molecule has 0 aliphatic carbocycles. The molecule has 2 N–H and O–H groups in total. The van der Waals surface area contributed by atoms with Gasteiger partial charge in [-0.25, -0.2) is 0 Å². The quantitative estimate of drug-likeness (QED) is 0.786. The van der Waals surface area contributed by atoms with E-state index in [2.05, 4.69) is 18.7 Å². The number of nitrogens with two attached hydrogens (primary N) is 1. The highest BCUT2D eigenvalue weighted by Crippen LogP contribution is 2.28. The van der Waals surface area contributed by atoms with Gasteiger partial charge in [-0.3, -0.25) is 0 Å². The molecule has 0 saturated heterocycles. The number of anilines is 1. The molecule has 0 bridgehead atoms. The monoisotopic (exact) mass is 300 g/mol. The SMILES string of the molecule is COCCN(CC(C)C)c1cccc(Cl)c1C(N)=S. The molecule has 0 saturated carbocycles. The second-order valence-corrected chi connectivity index (χ2v) is 5.68. The zero-order chi connectivity index (χ0) is 14.4. The summed E-state index contributed by atoms with van der Waals surface area (Å²) in [5.74, 6) is 0.523. The smallest absolute Gasteiger partial charge is 0.107 e. The van der Waals surface area contributed by atoms with E-state index in [-0.39, 0.29) is 0 Å². The van der Waals surface area contributed by atoms with E-state index in [9.17, 15) is 0 Å². The van der Waals surface area contributed by atoms with E-state index in [0.29, 0.717) is 22.5 Å². The highest BCUT2D eigenvalue weighted by atomic mass is 35.5. The van der Waals surface area contributed by atoms with Gasteiger partial charge >= 0.3 is 0 Å². The second kappa shape index (κ2) is 7.68. The van der Waals surface area contributed by atoms with Gasteiger partial charge in [0.25, 0.3) is 0 Å². The maximum atomic E-state index is 6.21. The number of halogens is 1. The minimum absolute atomic E-state index is 0.326. The highest BCUT2D eigenvalue weighted by molar-refractivity contribution is 7.80. The normalized spacial score (nSPS) is 10.8. The second-order valence-electron chi connectivity index (χ2n) is 4.83. The van der Waals surface area contributed by atoms with Crippen LogP contribution in [0.25, 0.3) is 0 Å². The molecule has 19 heavy (non-hydrogen) atoms. The van der Waals surface area contributed by atoms with E-state index in [1.165, 1.54) is 0 Å². The number of thiocarbonyl (C=S) groups is 1. The first kappa shape index (κ1) is 16.2. The molecule has 0 heterocycles. The van der Waals surface area contributed by atoms with Gasteiger partial charge in [-0.1, -0.05) is 43.7 Å². The Bertz CT molecular complexity index is 437. The lowest BCUT2D eigenvalue weighted by Crippen LogP contribution is -2.32. The minimum atomic E-state index is 0.326. The average Bonchev–Trinajstić information content (AvgIpc) is 2.33. The molecule has 1 aromatic carbocycles. The molecule has 0 amide bonds. The van der Waals surface area contributed by atoms with Gasteiger partial charge in [0.05, 0.1) is 17.2 Å². The minimum Gasteiger partial charge on any atom is -0.389 e. The van der Waals surface area contributed by atoms with Crippen molar-refractivity contribution >= 4 is 34.5 Å². The molecule has 0 aliphatic heterocycles. The van der Waals surface area contributed by atoms with Crippen LogP contribution in [0, 0.1) is 5.92 Å². The van der Waals surface area contributed by atoms with Crippen molar-refractivity contribution in [1.29, 1.82) is 0 Å². The Balaban J connectivity index is 3.13. The molecule has 3 nitrogen and oxygen atoms in total. The van der Waals surface area contributed by atoms with Crippen LogP contribution in [0.3, 0.4) is 0 Å². The number of methoxy groups -OCH3 is 1. The topological polar surface area (TPSA) is 38.5 Å². The van der Waals surface area contributed by atoms with Crippen LogP contribution in [0.5, 0.6) is 0 Å². The molecule has 0 unspecified atom stereocenters. The number of nitrogens with zero attached hydrogens (tertiary/aromatic N) is 1. The van der Waals surface area contributed by atoms with Crippen molar-refractivity contribution in [1.82, 2.24) is 0 Å². The predicted octanol–water partition coefficient (Wildman–Crippen LogP) is 3.08. The Kier molecular flexibility index (Phi) is 6.55. The van der Waals surface area contributed by atoms with Crippen LogP contribution in [-0.4, -0.2) is 31.8 Å². The largest absolute Gasteiger partial charge is 0.389 e. The Hall–Kier alpha value is -0.840. The highest BCUT2D eigenvalue weighted by Gasteiger charge is 2.16. The molecule has 1 aromatic rings. The van der Waals surface area contributed by atoms with E-state index in [4.69, 9.17) is 34.3 Å². The van der Waals surface area contributed by atoms with E-state index in [1.807, 2.05) is 18.2 Å². The summed E-state index contributed by atoms with van der Waals surface area (Å²) in [6.07, 6.45) is 0. The van der Waals surface area contributed by atoms with Gasteiger partial charge in [0, 0.05) is 25.9 Å². The standard InChI is InChI=1S/C14H21ClN2OS/c1-10(2)9-17(7-8-18-3)12-6-4-5-11(15)13(12)14(16)19/h4-6,10H,7-9H2,1-3H3,(H2,16,19). The van der Waals surface area contributed by atoms with E-state index < -0.39 is 0 Å². The van der Waals surface area contributed by atoms with Crippen LogP contribution in [0.1, 0.15) is 19.4 Å². The van der Waals surface area contributed by atoms with Crippen molar-refractivity contribution in [2.75, 3.05) is 31.7 Å². The first-order chi connectivity index (χ1) is 8.97. The molecule has 0 aromatic heterocycles. The van der Waals surface area contributed by atoms with Gasteiger partial charge in [0.15, 0.2) is 0 Å². The molecule has 1 rings (SSSR count). The number of ether oxygens (including phenoxy) is 1. The van der Waals surface area contributed by atoms with Crippen molar-refractivity contribution in [3.8, 4) is 0 Å². The molecule has 106 valence electrons. The number of hydrogen-bond acceptors (Lipinski definition) is 3. The van der Waals surface area contributed by atoms with Crippen LogP contribution in [0.15, 0.2) is 18.2 Å². The summed E-state index contributed by atoms with van der Waals surface area (Å²) in [5, 5.41) is 0.594. The van der Waals surface area contributed by atoms with Crippen molar-refractivity contribution in [3.63, 3.8) is 0 Å². The molecule has 0 fully saturated rings. The summed E-state index contributed by atoms with van der Waals surface area (Å²) in [4.78, 5) is 2.54. The van der Waals surface area contributed by atoms with Crippen molar-refractivity contribution < 1.29 is 4.74 Å². The Labute approximate surface area is 125 Å². The van der Waals surface area contributed by atoms with Crippen LogP contribution in [0.4, 0.5) is 5.69 Å². The number of benzene rings is 1. The van der Waals surface area contributed by atoms with Gasteiger partial charge in [0.2, 0.25) is 0 Å². The lowest BCUT2D eigenvalue weighted by Gasteiger charge is -2.28. The Morgan fingerprint density at radius 2 is 2.16 bits per heavy atom. The molecule has 0 aliphatic rings. The van der Waals surface area contributed by atoms with Crippen molar-refractivity contribution in [3.05, 3.63) is 28.8 Å². The lowest BCUT2D eigenvalue weighted by atomic mass is 10.1. The van der Waals surface area contributed by atoms with Crippen molar-refractivity contribution in [2.24, 2.45) is 11.7 Å². The fraction of sp³-hybridized carbons (Fsp3) is 0.500. The third-order valence-electron chi connectivity index (χ3n) is 2.73. The van der Waals surface area contributed by atoms with Gasteiger partial charge in [-0.2, -0.15) is 0 Å². The summed E-state index contributed by atoms with van der Waals surface area (Å²) in [6.45, 7) is 6.68. The third kappa shape index (κ3) is 4.64. The molecule has 0 radical (unpaired) electrons. The fourth-order valence-electron chi connectivity index (χ4n) is 1.97. The van der Waals surface area contributed by atoms with Gasteiger partial charge in [-0.15, -0.1) is 0 Å². The maximum absolute atomic E-state index is 6.21. The summed E-state index contributed by atoms with van der Waals surface area (Å²) in [7, 11) is 1.69. The summed E-state index contributed by atoms with van der Waals surface area (Å²) < 4.78 is 5.17. The zero-order valence-corrected chi connectivity index (χ0v) is 13.2. The van der Waals surface area contributed by atoms with Crippen LogP contribution in [0.2, 0.25) is 5.02 Å². The summed E-state index contributed by atoms with van der Waals surface area (Å²) in [5.41, 5.74) is 7.53. The van der Waals surface area contributed by atoms with Crippen LogP contribution >= 0.6 is 23.8 Å². The van der Waals surface area contributed by atoms with Gasteiger partial charge < -0.3 is 15.4 Å². The van der Waals surface area contributed by atoms with Gasteiger partial charge in [0.1, 0.15) is 4.99 Å². The first-order valence-corrected chi connectivity index (χ1v) is 7.08. The zero-order valence-electron chi connectivity index (χ0n) is 11.6. The van der Waals surface area contributed by atoms with Gasteiger partial charge in [-0.05, 0) is 18.1 Å². The molecule has 0 atom stereocenters. The van der Waals surface area contributed by atoms with Crippen LogP contribution in [-0.2, 0) is 4.74 Å². The molecule has 5 heteroatoms. The fourth-order valence-corrected chi connectivity index (χ4v) is 2.51. The Morgan fingerprint density at radius 1 is 1.47 bits per heavy atom. The molecular formula is C14H21ClN2OS. The average molecular weight is 301 g/mol. The molecular weight excluding hydrogens is 280 g/mol. The van der Waals surface area contributed by atoms with E-state index in [0.717, 1.165) is 24.3 Å². The predicted molar refractivity (Wildman–Crippen MR) is 86.3 cm³/mol. The van der Waals surface area contributed by atoms with Crippen molar-refractivity contribution in [2.45, 2.75) is 13.8 Å². The Morgan fingerprint density at radius 3 is 2.68 bits per heavy atom. The summed E-state index contributed by atoms with van der Waals surface area (Å²) >= 11 is 11.3.